The molecule has 0 bridgehead atoms. The Kier molecular flexibility index (Phi) is 13.8. The number of rotatable bonds is 11. The number of fused-ring (bicyclic) bond motifs is 14. The Hall–Kier alpha value is -14.6. The van der Waals surface area contributed by atoms with Crippen molar-refractivity contribution in [2.45, 2.75) is 0 Å². The molecule has 8 heteroatoms. The van der Waals surface area contributed by atoms with Crippen LogP contribution in [0.5, 0.6) is 0 Å². The van der Waals surface area contributed by atoms with Crippen LogP contribution >= 0.6 is 0 Å². The second-order valence-electron chi connectivity index (χ2n) is 28.0. The summed E-state index contributed by atoms with van der Waals surface area (Å²) in [6, 6.07) is 124. The van der Waals surface area contributed by atoms with E-state index in [0.29, 0.717) is 11.6 Å². The molecule has 0 aliphatic heterocycles. The van der Waals surface area contributed by atoms with Crippen LogP contribution < -0.4 is 0 Å². The maximum atomic E-state index is 6.84. The van der Waals surface area contributed by atoms with Crippen molar-refractivity contribution in [2.24, 2.45) is 0 Å². The average molecular weight is 1380 g/mol. The molecule has 0 aliphatic carbocycles. The quantitative estimate of drug-likeness (QED) is 0.126. The number of benzene rings is 16. The average Bonchev–Trinajstić information content (AvgIpc) is 1.55. The number of nitrogens with zero attached hydrogens (tertiary/aromatic N) is 4. The fourth-order valence-electron chi connectivity index (χ4n) is 15.9. The lowest BCUT2D eigenvalue weighted by atomic mass is 9.93. The minimum absolute atomic E-state index is 0.622. The maximum Gasteiger partial charge on any atom is 0.160 e. The SMILES string of the molecule is c1ccc(-c2cc(-c3ccc4ccccc4c3)nc(-c3cc(-c4ccc5oc6ccccc6c5c4)cc(-c4ccc5oc6cc(-c7ccc8oc9ccc(-c%10cc(-c%11ccc%12oc%13ccccc%13c%12c%11)cc(-c%11nc(-c%12ccccc%12)cc(-c%12ccc%13ccccc%13c%12)n%11)c%10)cc9c8c7)ccc6c5c4)c3)n2)cc1. The first-order valence-electron chi connectivity index (χ1n) is 36.3. The monoisotopic (exact) mass is 1380 g/mol. The van der Waals surface area contributed by atoms with Crippen LogP contribution in [0.2, 0.25) is 0 Å². The minimum Gasteiger partial charge on any atom is -0.456 e. The molecular formula is C100H58N4O4. The fraction of sp³-hybridized carbons (Fsp3) is 0. The highest BCUT2D eigenvalue weighted by Gasteiger charge is 2.22. The molecule has 0 unspecified atom stereocenters. The summed E-state index contributed by atoms with van der Waals surface area (Å²) in [5.41, 5.74) is 26.0. The molecule has 108 heavy (non-hydrogen) atoms. The maximum absolute atomic E-state index is 6.84. The Labute approximate surface area is 618 Å². The van der Waals surface area contributed by atoms with Gasteiger partial charge in [-0.05, 0) is 223 Å². The van der Waals surface area contributed by atoms with E-state index in [0.717, 1.165) is 210 Å². The predicted molar refractivity (Wildman–Crippen MR) is 442 cm³/mol. The molecule has 0 saturated heterocycles. The number of furan rings is 4. The van der Waals surface area contributed by atoms with Crippen LogP contribution in [0.15, 0.2) is 370 Å². The highest BCUT2D eigenvalue weighted by Crippen LogP contribution is 2.44. The van der Waals surface area contributed by atoms with Gasteiger partial charge in [-0.2, -0.15) is 0 Å². The van der Waals surface area contributed by atoms with Gasteiger partial charge < -0.3 is 17.7 Å². The molecule has 16 aromatic carbocycles. The van der Waals surface area contributed by atoms with Gasteiger partial charge >= 0.3 is 0 Å². The van der Waals surface area contributed by atoms with Crippen LogP contribution in [0.25, 0.3) is 233 Å². The summed E-state index contributed by atoms with van der Waals surface area (Å²) in [6.45, 7) is 0. The number of aromatic nitrogens is 4. The molecule has 6 aromatic heterocycles. The Balaban J connectivity index is 0.648. The van der Waals surface area contributed by atoms with Crippen LogP contribution in [0.1, 0.15) is 0 Å². The van der Waals surface area contributed by atoms with E-state index >= 15 is 0 Å². The molecule has 0 aliphatic rings. The number of hydrogen-bond acceptors (Lipinski definition) is 8. The van der Waals surface area contributed by atoms with Gasteiger partial charge in [0.1, 0.15) is 44.7 Å². The summed E-state index contributed by atoms with van der Waals surface area (Å²) in [5.74, 6) is 1.25. The van der Waals surface area contributed by atoms with Gasteiger partial charge in [-0.25, -0.2) is 19.9 Å². The third-order valence-corrected chi connectivity index (χ3v) is 21.4. The van der Waals surface area contributed by atoms with Crippen LogP contribution in [0.3, 0.4) is 0 Å². The van der Waals surface area contributed by atoms with E-state index in [9.17, 15) is 0 Å². The van der Waals surface area contributed by atoms with Crippen molar-refractivity contribution >= 4 is 109 Å². The van der Waals surface area contributed by atoms with Gasteiger partial charge in [-0.1, -0.05) is 206 Å². The van der Waals surface area contributed by atoms with Gasteiger partial charge in [-0.3, -0.25) is 0 Å². The second kappa shape index (κ2) is 24.5. The third-order valence-electron chi connectivity index (χ3n) is 21.4. The van der Waals surface area contributed by atoms with Crippen molar-refractivity contribution in [1.29, 1.82) is 0 Å². The molecule has 0 N–H and O–H groups in total. The van der Waals surface area contributed by atoms with Crippen LogP contribution in [0, 0.1) is 0 Å². The first-order chi connectivity index (χ1) is 53.4. The van der Waals surface area contributed by atoms with Crippen molar-refractivity contribution in [1.82, 2.24) is 19.9 Å². The Morgan fingerprint density at radius 3 is 0.824 bits per heavy atom. The summed E-state index contributed by atoms with van der Waals surface area (Å²) in [5, 5.41) is 12.9. The van der Waals surface area contributed by atoms with Crippen LogP contribution in [0.4, 0.5) is 0 Å². The van der Waals surface area contributed by atoms with Gasteiger partial charge in [-0.15, -0.1) is 0 Å². The van der Waals surface area contributed by atoms with E-state index in [4.69, 9.17) is 37.6 Å². The first-order valence-corrected chi connectivity index (χ1v) is 36.3. The van der Waals surface area contributed by atoms with E-state index in [2.05, 4.69) is 315 Å². The lowest BCUT2D eigenvalue weighted by Gasteiger charge is -2.13. The van der Waals surface area contributed by atoms with E-state index < -0.39 is 0 Å². The van der Waals surface area contributed by atoms with Crippen molar-refractivity contribution in [3.63, 3.8) is 0 Å². The molecule has 0 fully saturated rings. The number of hydrogen-bond donors (Lipinski definition) is 0. The topological polar surface area (TPSA) is 104 Å². The largest absolute Gasteiger partial charge is 0.456 e. The zero-order chi connectivity index (χ0) is 70.9. The van der Waals surface area contributed by atoms with Gasteiger partial charge in [0.2, 0.25) is 0 Å². The minimum atomic E-state index is 0.622. The lowest BCUT2D eigenvalue weighted by Crippen LogP contribution is -1.97. The molecular weight excluding hydrogens is 1320 g/mol. The Morgan fingerprint density at radius 1 is 0.139 bits per heavy atom. The predicted octanol–water partition coefficient (Wildman–Crippen LogP) is 27.5. The van der Waals surface area contributed by atoms with Gasteiger partial charge in [0.15, 0.2) is 11.6 Å². The molecule has 22 aromatic rings. The van der Waals surface area contributed by atoms with E-state index in [1.165, 1.54) is 10.8 Å². The Bertz CT molecular complexity index is 7450. The standard InChI is InChI=1S/C100H58N4O4/c1-3-17-61(18-4-1)87-57-89(71-29-27-59-15-7-9-21-63(59)43-71)103-99(101-87)77-47-73(66-33-39-93-82(52-66)79-23-11-13-25-91(79)105-93)45-75(49-77)68-35-41-95-84(54-68)81-37-31-70(56-98(81)108-95)65-32-38-96-85(51-65)86-55-69(36-42-97(86)107-96)76-46-74(67-34-40-94-83(53-67)80-24-12-14-26-92(80)106-94)48-78(50-76)100-102-88(62-19-5-2-6-20-62)58-90(104-100)72-30-28-60-16-8-10-22-64(60)44-72/h1-58H. The normalized spacial score (nSPS) is 11.9. The van der Waals surface area contributed by atoms with Crippen molar-refractivity contribution in [3.8, 4) is 123 Å². The van der Waals surface area contributed by atoms with Gasteiger partial charge in [0.05, 0.1) is 22.8 Å². The molecule has 6 heterocycles. The van der Waals surface area contributed by atoms with E-state index in [1.54, 1.807) is 0 Å². The van der Waals surface area contributed by atoms with Crippen molar-refractivity contribution in [3.05, 3.63) is 352 Å². The molecule has 0 saturated carbocycles. The van der Waals surface area contributed by atoms with Gasteiger partial charge in [0.25, 0.3) is 0 Å². The molecule has 22 rings (SSSR count). The lowest BCUT2D eigenvalue weighted by molar-refractivity contribution is 0.668. The smallest absolute Gasteiger partial charge is 0.160 e. The number of para-hydroxylation sites is 2. The zero-order valence-electron chi connectivity index (χ0n) is 57.9. The molecule has 0 spiro atoms. The van der Waals surface area contributed by atoms with Gasteiger partial charge in [0, 0.05) is 76.5 Å². The highest BCUT2D eigenvalue weighted by atomic mass is 16.3. The fourth-order valence-corrected chi connectivity index (χ4v) is 15.9. The molecule has 0 radical (unpaired) electrons. The highest BCUT2D eigenvalue weighted by molar-refractivity contribution is 6.12. The summed E-state index contributed by atoms with van der Waals surface area (Å²) in [6.07, 6.45) is 0. The second-order valence-corrected chi connectivity index (χ2v) is 28.0. The van der Waals surface area contributed by atoms with E-state index in [-0.39, 0.29) is 0 Å². The zero-order valence-corrected chi connectivity index (χ0v) is 57.9. The summed E-state index contributed by atoms with van der Waals surface area (Å²) in [7, 11) is 0. The van der Waals surface area contributed by atoms with Crippen LogP contribution in [-0.2, 0) is 0 Å². The summed E-state index contributed by atoms with van der Waals surface area (Å²) < 4.78 is 26.2. The molecule has 0 atom stereocenters. The molecule has 8 nitrogen and oxygen atoms in total. The van der Waals surface area contributed by atoms with Crippen molar-refractivity contribution in [2.75, 3.05) is 0 Å². The third kappa shape index (κ3) is 10.6. The molecule has 502 valence electrons. The summed E-state index contributed by atoms with van der Waals surface area (Å²) >= 11 is 0. The Morgan fingerprint density at radius 2 is 0.417 bits per heavy atom. The first kappa shape index (κ1) is 60.9. The van der Waals surface area contributed by atoms with Crippen LogP contribution in [-0.4, -0.2) is 19.9 Å². The molecule has 0 amide bonds. The van der Waals surface area contributed by atoms with E-state index in [1.807, 2.05) is 36.4 Å². The van der Waals surface area contributed by atoms with Crippen molar-refractivity contribution < 1.29 is 17.7 Å². The summed E-state index contributed by atoms with van der Waals surface area (Å²) in [4.78, 5) is 21.6.